The van der Waals surface area contributed by atoms with Crippen molar-refractivity contribution in [3.63, 3.8) is 0 Å². The summed E-state index contributed by atoms with van der Waals surface area (Å²) in [5.74, 6) is 4.89. The molecule has 0 radical (unpaired) electrons. The van der Waals surface area contributed by atoms with E-state index in [4.69, 9.17) is 5.84 Å². The van der Waals surface area contributed by atoms with Crippen LogP contribution in [-0.4, -0.2) is 56.5 Å². The van der Waals surface area contributed by atoms with Crippen molar-refractivity contribution in [2.24, 2.45) is 5.84 Å². The Morgan fingerprint density at radius 3 is 2.37 bits per heavy atom. The highest BCUT2D eigenvalue weighted by atomic mass is 16.2. The first-order valence-electron chi connectivity index (χ1n) is 6.43. The summed E-state index contributed by atoms with van der Waals surface area (Å²) in [4.78, 5) is 16.2. The summed E-state index contributed by atoms with van der Waals surface area (Å²) in [5.41, 5.74) is 3.25. The maximum atomic E-state index is 11.9. The largest absolute Gasteiger partial charge is 0.308 e. The number of nitrogens with one attached hydrogen (secondary N) is 1. The fourth-order valence-corrected chi connectivity index (χ4v) is 1.90. The topological polar surface area (TPSA) is 61.6 Å². The standard InChI is InChI=1S/C14H24N4O/c1-17(2)9-10-18(3)11-13(14(19)16-15)12-7-5-4-6-8-12/h4-8,13H,9-11,15H2,1-3H3,(H,16,19). The summed E-state index contributed by atoms with van der Waals surface area (Å²) in [6, 6.07) is 9.73. The van der Waals surface area contributed by atoms with Crippen molar-refractivity contribution >= 4 is 5.91 Å². The molecular formula is C14H24N4O. The number of hydrogen-bond donors (Lipinski definition) is 2. The molecule has 1 unspecified atom stereocenters. The molecule has 0 fully saturated rings. The molecule has 0 spiro atoms. The summed E-state index contributed by atoms with van der Waals surface area (Å²) < 4.78 is 0. The first kappa shape index (κ1) is 15.6. The van der Waals surface area contributed by atoms with Gasteiger partial charge in [0, 0.05) is 19.6 Å². The number of nitrogens with zero attached hydrogens (tertiary/aromatic N) is 2. The van der Waals surface area contributed by atoms with Crippen molar-refractivity contribution in [2.75, 3.05) is 40.8 Å². The van der Waals surface area contributed by atoms with Crippen molar-refractivity contribution in [2.45, 2.75) is 5.92 Å². The summed E-state index contributed by atoms with van der Waals surface area (Å²) in [6.07, 6.45) is 0. The van der Waals surface area contributed by atoms with Gasteiger partial charge in [0.15, 0.2) is 0 Å². The third-order valence-electron chi connectivity index (χ3n) is 3.08. The Bertz CT molecular complexity index is 380. The number of nitrogens with two attached hydrogens (primary N) is 1. The molecule has 5 nitrogen and oxygen atoms in total. The fraction of sp³-hybridized carbons (Fsp3) is 0.500. The van der Waals surface area contributed by atoms with Crippen molar-refractivity contribution in [3.05, 3.63) is 35.9 Å². The van der Waals surface area contributed by atoms with E-state index in [1.54, 1.807) is 0 Å². The van der Waals surface area contributed by atoms with Crippen LogP contribution in [0.15, 0.2) is 30.3 Å². The molecule has 0 aromatic heterocycles. The zero-order valence-corrected chi connectivity index (χ0v) is 12.0. The molecule has 106 valence electrons. The van der Waals surface area contributed by atoms with Gasteiger partial charge < -0.3 is 9.80 Å². The number of amides is 1. The van der Waals surface area contributed by atoms with Crippen LogP contribution in [0, 0.1) is 0 Å². The number of hydrogen-bond acceptors (Lipinski definition) is 4. The van der Waals surface area contributed by atoms with Crippen LogP contribution in [-0.2, 0) is 4.79 Å². The third-order valence-corrected chi connectivity index (χ3v) is 3.08. The zero-order valence-electron chi connectivity index (χ0n) is 12.0. The second-order valence-electron chi connectivity index (χ2n) is 5.04. The smallest absolute Gasteiger partial charge is 0.242 e. The number of benzene rings is 1. The van der Waals surface area contributed by atoms with Crippen LogP contribution in [0.5, 0.6) is 0 Å². The molecule has 0 bridgehead atoms. The van der Waals surface area contributed by atoms with Crippen LogP contribution in [0.4, 0.5) is 0 Å². The van der Waals surface area contributed by atoms with Gasteiger partial charge in [0.2, 0.25) is 5.91 Å². The quantitative estimate of drug-likeness (QED) is 0.421. The van der Waals surface area contributed by atoms with Crippen LogP contribution in [0.1, 0.15) is 11.5 Å². The molecule has 0 saturated carbocycles. The first-order chi connectivity index (χ1) is 9.04. The monoisotopic (exact) mass is 264 g/mol. The zero-order chi connectivity index (χ0) is 14.3. The molecule has 3 N–H and O–H groups in total. The fourth-order valence-electron chi connectivity index (χ4n) is 1.90. The maximum Gasteiger partial charge on any atom is 0.242 e. The van der Waals surface area contributed by atoms with E-state index in [1.807, 2.05) is 51.5 Å². The van der Waals surface area contributed by atoms with Crippen molar-refractivity contribution < 1.29 is 4.79 Å². The normalized spacial score (nSPS) is 12.7. The highest BCUT2D eigenvalue weighted by molar-refractivity contribution is 5.83. The van der Waals surface area contributed by atoms with Crippen LogP contribution < -0.4 is 11.3 Å². The molecule has 0 aliphatic heterocycles. The predicted molar refractivity (Wildman–Crippen MR) is 77.6 cm³/mol. The lowest BCUT2D eigenvalue weighted by atomic mass is 9.98. The average molecular weight is 264 g/mol. The Morgan fingerprint density at radius 1 is 1.21 bits per heavy atom. The summed E-state index contributed by atoms with van der Waals surface area (Å²) in [7, 11) is 6.09. The van der Waals surface area contributed by atoms with E-state index in [0.717, 1.165) is 18.7 Å². The van der Waals surface area contributed by atoms with E-state index >= 15 is 0 Å². The van der Waals surface area contributed by atoms with Crippen molar-refractivity contribution in [1.82, 2.24) is 15.2 Å². The third kappa shape index (κ3) is 5.38. The summed E-state index contributed by atoms with van der Waals surface area (Å²) in [5, 5.41) is 0. The summed E-state index contributed by atoms with van der Waals surface area (Å²) in [6.45, 7) is 2.53. The van der Waals surface area contributed by atoms with Gasteiger partial charge in [-0.1, -0.05) is 30.3 Å². The van der Waals surface area contributed by atoms with Gasteiger partial charge in [-0.05, 0) is 26.7 Å². The van der Waals surface area contributed by atoms with Crippen LogP contribution in [0.25, 0.3) is 0 Å². The molecule has 19 heavy (non-hydrogen) atoms. The Hall–Kier alpha value is -1.43. The van der Waals surface area contributed by atoms with Gasteiger partial charge in [-0.3, -0.25) is 10.2 Å². The molecule has 1 rings (SSSR count). The van der Waals surface area contributed by atoms with Gasteiger partial charge >= 0.3 is 0 Å². The molecule has 0 saturated heterocycles. The molecule has 1 aromatic rings. The predicted octanol–water partition coefficient (Wildman–Crippen LogP) is 0.254. The Kier molecular flexibility index (Phi) is 6.49. The number of carbonyl (C=O) groups excluding carboxylic acids is 1. The number of likely N-dealkylation sites (N-methyl/N-ethyl adjacent to an activating group) is 2. The van der Waals surface area contributed by atoms with Gasteiger partial charge in [-0.2, -0.15) is 0 Å². The van der Waals surface area contributed by atoms with Gasteiger partial charge in [-0.15, -0.1) is 0 Å². The molecule has 0 heterocycles. The molecule has 0 aliphatic rings. The van der Waals surface area contributed by atoms with Gasteiger partial charge in [0.05, 0.1) is 5.92 Å². The van der Waals surface area contributed by atoms with Crippen LogP contribution >= 0.6 is 0 Å². The first-order valence-corrected chi connectivity index (χ1v) is 6.43. The van der Waals surface area contributed by atoms with E-state index in [0.29, 0.717) is 6.54 Å². The molecule has 1 aromatic carbocycles. The van der Waals surface area contributed by atoms with Crippen molar-refractivity contribution in [1.29, 1.82) is 0 Å². The van der Waals surface area contributed by atoms with E-state index in [-0.39, 0.29) is 11.8 Å². The molecule has 1 atom stereocenters. The van der Waals surface area contributed by atoms with Crippen LogP contribution in [0.3, 0.4) is 0 Å². The maximum absolute atomic E-state index is 11.9. The number of rotatable bonds is 7. The Morgan fingerprint density at radius 2 is 1.84 bits per heavy atom. The molecular weight excluding hydrogens is 240 g/mol. The molecule has 0 aliphatic carbocycles. The lowest BCUT2D eigenvalue weighted by Crippen LogP contribution is -2.40. The van der Waals surface area contributed by atoms with E-state index in [9.17, 15) is 4.79 Å². The van der Waals surface area contributed by atoms with E-state index in [2.05, 4.69) is 15.2 Å². The average Bonchev–Trinajstić information content (AvgIpc) is 2.42. The minimum absolute atomic E-state index is 0.150. The second-order valence-corrected chi connectivity index (χ2v) is 5.04. The molecule has 5 heteroatoms. The lowest BCUT2D eigenvalue weighted by molar-refractivity contribution is -0.123. The minimum Gasteiger partial charge on any atom is -0.308 e. The number of hydrazine groups is 1. The minimum atomic E-state index is -0.238. The highest BCUT2D eigenvalue weighted by Crippen LogP contribution is 2.16. The summed E-state index contributed by atoms with van der Waals surface area (Å²) >= 11 is 0. The SMILES string of the molecule is CN(C)CCN(C)CC(C(=O)NN)c1ccccc1. The Balaban J connectivity index is 2.68. The van der Waals surface area contributed by atoms with Gasteiger partial charge in [0.25, 0.3) is 0 Å². The number of carbonyl (C=O) groups is 1. The van der Waals surface area contributed by atoms with Gasteiger partial charge in [-0.25, -0.2) is 5.84 Å². The van der Waals surface area contributed by atoms with E-state index in [1.165, 1.54) is 0 Å². The second kappa shape index (κ2) is 7.89. The van der Waals surface area contributed by atoms with Crippen molar-refractivity contribution in [3.8, 4) is 0 Å². The lowest BCUT2D eigenvalue weighted by Gasteiger charge is -2.24. The molecule has 1 amide bonds. The van der Waals surface area contributed by atoms with Crippen LogP contribution in [0.2, 0.25) is 0 Å². The van der Waals surface area contributed by atoms with Gasteiger partial charge in [0.1, 0.15) is 0 Å². The highest BCUT2D eigenvalue weighted by Gasteiger charge is 2.21. The van der Waals surface area contributed by atoms with E-state index < -0.39 is 0 Å². The Labute approximate surface area is 115 Å².